The summed E-state index contributed by atoms with van der Waals surface area (Å²) in [5.41, 5.74) is 9.78. The predicted molar refractivity (Wildman–Crippen MR) is 83.6 cm³/mol. The van der Waals surface area contributed by atoms with E-state index in [1.807, 2.05) is 0 Å². The number of nitrogens with two attached hydrogens (primary N) is 1. The minimum absolute atomic E-state index is 0.578. The van der Waals surface area contributed by atoms with Gasteiger partial charge in [-0.05, 0) is 31.2 Å². The Morgan fingerprint density at radius 2 is 2.00 bits per heavy atom. The van der Waals surface area contributed by atoms with Crippen LogP contribution in [0.15, 0.2) is 24.3 Å². The smallest absolute Gasteiger partial charge is 0.131 e. The minimum atomic E-state index is 0.578. The molecule has 0 atom stereocenters. The van der Waals surface area contributed by atoms with Gasteiger partial charge in [-0.15, -0.1) is 0 Å². The number of aryl methyl sites for hydroxylation is 1. The van der Waals surface area contributed by atoms with Crippen molar-refractivity contribution in [3.8, 4) is 11.3 Å². The number of nitrogens with zero attached hydrogens (tertiary/aromatic N) is 2. The first-order valence-corrected chi connectivity index (χ1v) is 7.49. The first kappa shape index (κ1) is 13.2. The molecule has 0 spiro atoms. The molecule has 1 aliphatic rings. The molecule has 0 unspecified atom stereocenters. The SMILES string of the molecule is Cc1ccccc1-c1nc(C2CC2)n(CC(C)C)c1N. The average molecular weight is 269 g/mol. The van der Waals surface area contributed by atoms with Crippen molar-refractivity contribution in [2.24, 2.45) is 5.92 Å². The summed E-state index contributed by atoms with van der Waals surface area (Å²) in [5, 5.41) is 0. The first-order valence-electron chi connectivity index (χ1n) is 7.49. The molecule has 1 aromatic heterocycles. The van der Waals surface area contributed by atoms with Crippen LogP contribution in [0.5, 0.6) is 0 Å². The summed E-state index contributed by atoms with van der Waals surface area (Å²) < 4.78 is 2.24. The van der Waals surface area contributed by atoms with E-state index < -0.39 is 0 Å². The fourth-order valence-electron chi connectivity index (χ4n) is 2.73. The molecule has 0 saturated heterocycles. The van der Waals surface area contributed by atoms with Crippen molar-refractivity contribution in [1.82, 2.24) is 9.55 Å². The summed E-state index contributed by atoms with van der Waals surface area (Å²) in [6, 6.07) is 8.35. The summed E-state index contributed by atoms with van der Waals surface area (Å²) >= 11 is 0. The van der Waals surface area contributed by atoms with Crippen LogP contribution < -0.4 is 5.73 Å². The molecule has 1 saturated carbocycles. The van der Waals surface area contributed by atoms with Crippen LogP contribution in [0.2, 0.25) is 0 Å². The van der Waals surface area contributed by atoms with E-state index in [0.717, 1.165) is 23.6 Å². The maximum Gasteiger partial charge on any atom is 0.131 e. The number of hydrogen-bond donors (Lipinski definition) is 1. The quantitative estimate of drug-likeness (QED) is 0.912. The van der Waals surface area contributed by atoms with E-state index in [2.05, 4.69) is 49.6 Å². The van der Waals surface area contributed by atoms with Crippen LogP contribution in [0.3, 0.4) is 0 Å². The molecule has 2 aromatic rings. The van der Waals surface area contributed by atoms with Gasteiger partial charge >= 0.3 is 0 Å². The van der Waals surface area contributed by atoms with Gasteiger partial charge in [-0.3, -0.25) is 0 Å². The molecule has 20 heavy (non-hydrogen) atoms. The summed E-state index contributed by atoms with van der Waals surface area (Å²) in [4.78, 5) is 4.89. The summed E-state index contributed by atoms with van der Waals surface area (Å²) in [6.45, 7) is 7.52. The third-order valence-electron chi connectivity index (χ3n) is 3.93. The Kier molecular flexibility index (Phi) is 3.28. The molecule has 2 N–H and O–H groups in total. The molecule has 1 heterocycles. The van der Waals surface area contributed by atoms with E-state index >= 15 is 0 Å². The van der Waals surface area contributed by atoms with Gasteiger partial charge in [-0.1, -0.05) is 38.1 Å². The van der Waals surface area contributed by atoms with Crippen LogP contribution in [-0.4, -0.2) is 9.55 Å². The zero-order chi connectivity index (χ0) is 14.3. The highest BCUT2D eigenvalue weighted by molar-refractivity contribution is 5.73. The number of rotatable bonds is 4. The topological polar surface area (TPSA) is 43.8 Å². The first-order chi connectivity index (χ1) is 9.58. The largest absolute Gasteiger partial charge is 0.383 e. The van der Waals surface area contributed by atoms with Crippen LogP contribution >= 0.6 is 0 Å². The number of benzene rings is 1. The molecule has 0 aliphatic heterocycles. The van der Waals surface area contributed by atoms with Gasteiger partial charge in [0, 0.05) is 18.0 Å². The lowest BCUT2D eigenvalue weighted by atomic mass is 10.1. The van der Waals surface area contributed by atoms with Crippen molar-refractivity contribution in [1.29, 1.82) is 0 Å². The van der Waals surface area contributed by atoms with Gasteiger partial charge in [-0.25, -0.2) is 4.98 Å². The Labute approximate surface area is 120 Å². The fraction of sp³-hybridized carbons (Fsp3) is 0.471. The molecule has 0 amide bonds. The van der Waals surface area contributed by atoms with E-state index in [1.54, 1.807) is 0 Å². The molecule has 1 fully saturated rings. The van der Waals surface area contributed by atoms with Crippen LogP contribution in [0.1, 0.15) is 44.0 Å². The summed E-state index contributed by atoms with van der Waals surface area (Å²) in [5.74, 6) is 3.21. The molecule has 3 rings (SSSR count). The van der Waals surface area contributed by atoms with Gasteiger partial charge in [0.2, 0.25) is 0 Å². The van der Waals surface area contributed by atoms with Gasteiger partial charge in [-0.2, -0.15) is 0 Å². The lowest BCUT2D eigenvalue weighted by molar-refractivity contribution is 0.512. The Balaban J connectivity index is 2.10. The second-order valence-corrected chi connectivity index (χ2v) is 6.30. The summed E-state index contributed by atoms with van der Waals surface area (Å²) in [7, 11) is 0. The monoisotopic (exact) mass is 269 g/mol. The third kappa shape index (κ3) is 2.33. The number of hydrogen-bond acceptors (Lipinski definition) is 2. The van der Waals surface area contributed by atoms with Crippen LogP contribution in [-0.2, 0) is 6.54 Å². The van der Waals surface area contributed by atoms with E-state index in [4.69, 9.17) is 10.7 Å². The predicted octanol–water partition coefficient (Wildman–Crippen LogP) is 3.97. The zero-order valence-corrected chi connectivity index (χ0v) is 12.6. The Bertz CT molecular complexity index is 621. The van der Waals surface area contributed by atoms with Crippen molar-refractivity contribution in [2.75, 3.05) is 5.73 Å². The normalized spacial score (nSPS) is 15.0. The second kappa shape index (κ2) is 4.97. The van der Waals surface area contributed by atoms with Gasteiger partial charge in [0.25, 0.3) is 0 Å². The fourth-order valence-corrected chi connectivity index (χ4v) is 2.73. The van der Waals surface area contributed by atoms with Crippen molar-refractivity contribution in [3.05, 3.63) is 35.7 Å². The molecular formula is C17H23N3. The molecule has 0 bridgehead atoms. The highest BCUT2D eigenvalue weighted by Gasteiger charge is 2.31. The lowest BCUT2D eigenvalue weighted by Crippen LogP contribution is -2.11. The van der Waals surface area contributed by atoms with Crippen molar-refractivity contribution in [2.45, 2.75) is 46.1 Å². The number of nitrogen functional groups attached to an aromatic ring is 1. The third-order valence-corrected chi connectivity index (χ3v) is 3.93. The zero-order valence-electron chi connectivity index (χ0n) is 12.6. The summed E-state index contributed by atoms with van der Waals surface area (Å²) in [6.07, 6.45) is 2.50. The van der Waals surface area contributed by atoms with E-state index in [1.165, 1.54) is 24.2 Å². The highest BCUT2D eigenvalue weighted by Crippen LogP contribution is 2.42. The van der Waals surface area contributed by atoms with E-state index in [-0.39, 0.29) is 0 Å². The molecule has 3 nitrogen and oxygen atoms in total. The maximum absolute atomic E-state index is 6.42. The molecule has 106 valence electrons. The van der Waals surface area contributed by atoms with Gasteiger partial charge in [0.05, 0.1) is 0 Å². The molecular weight excluding hydrogens is 246 g/mol. The molecule has 0 radical (unpaired) electrons. The Morgan fingerprint density at radius 1 is 1.30 bits per heavy atom. The van der Waals surface area contributed by atoms with Crippen LogP contribution in [0.25, 0.3) is 11.3 Å². The molecule has 3 heteroatoms. The van der Waals surface area contributed by atoms with Crippen molar-refractivity contribution in [3.63, 3.8) is 0 Å². The Morgan fingerprint density at radius 3 is 2.60 bits per heavy atom. The van der Waals surface area contributed by atoms with Crippen LogP contribution in [0.4, 0.5) is 5.82 Å². The standard InChI is InChI=1S/C17H23N3/c1-11(2)10-20-16(18)15(19-17(20)13-8-9-13)14-7-5-4-6-12(14)3/h4-7,11,13H,8-10,18H2,1-3H3. The minimum Gasteiger partial charge on any atom is -0.383 e. The van der Waals surface area contributed by atoms with E-state index in [0.29, 0.717) is 11.8 Å². The van der Waals surface area contributed by atoms with Gasteiger partial charge in [0.15, 0.2) is 0 Å². The number of anilines is 1. The number of aromatic nitrogens is 2. The molecule has 1 aliphatic carbocycles. The van der Waals surface area contributed by atoms with Gasteiger partial charge < -0.3 is 10.3 Å². The maximum atomic E-state index is 6.42. The molecule has 1 aromatic carbocycles. The lowest BCUT2D eigenvalue weighted by Gasteiger charge is -2.12. The number of imidazole rings is 1. The second-order valence-electron chi connectivity index (χ2n) is 6.30. The highest BCUT2D eigenvalue weighted by atomic mass is 15.2. The Hall–Kier alpha value is -1.77. The van der Waals surface area contributed by atoms with Crippen molar-refractivity contribution < 1.29 is 0 Å². The average Bonchev–Trinajstić information content (AvgIpc) is 3.19. The van der Waals surface area contributed by atoms with Crippen LogP contribution in [0, 0.1) is 12.8 Å². The van der Waals surface area contributed by atoms with Gasteiger partial charge in [0.1, 0.15) is 17.3 Å². The van der Waals surface area contributed by atoms with Crippen molar-refractivity contribution >= 4 is 5.82 Å². The van der Waals surface area contributed by atoms with E-state index in [9.17, 15) is 0 Å².